The summed E-state index contributed by atoms with van der Waals surface area (Å²) in [6, 6.07) is 16.8. The molecule has 3 rings (SSSR count). The molecule has 1 aromatic heterocycles. The minimum absolute atomic E-state index is 0.0645. The van der Waals surface area contributed by atoms with Gasteiger partial charge in [0.15, 0.2) is 0 Å². The van der Waals surface area contributed by atoms with Gasteiger partial charge in [-0.1, -0.05) is 48.5 Å². The fourth-order valence-electron chi connectivity index (χ4n) is 2.47. The van der Waals surface area contributed by atoms with Gasteiger partial charge in [0.25, 0.3) is 0 Å². The van der Waals surface area contributed by atoms with Gasteiger partial charge in [-0.2, -0.15) is 13.2 Å². The second-order valence-electron chi connectivity index (χ2n) is 5.42. The van der Waals surface area contributed by atoms with Gasteiger partial charge in [-0.3, -0.25) is 0 Å². The van der Waals surface area contributed by atoms with E-state index in [1.165, 1.54) is 0 Å². The number of aromatic nitrogens is 1. The highest BCUT2D eigenvalue weighted by atomic mass is 19.4. The van der Waals surface area contributed by atoms with E-state index in [-0.39, 0.29) is 18.0 Å². The summed E-state index contributed by atoms with van der Waals surface area (Å²) in [4.78, 5) is 3.81. The second kappa shape index (κ2) is 6.84. The molecule has 0 saturated heterocycles. The lowest BCUT2D eigenvalue weighted by molar-refractivity contribution is -0.137. The van der Waals surface area contributed by atoms with Crippen LogP contribution in [0.25, 0.3) is 11.1 Å². The molecule has 3 nitrogen and oxygen atoms in total. The van der Waals surface area contributed by atoms with Gasteiger partial charge in [0.05, 0.1) is 5.56 Å². The highest BCUT2D eigenvalue weighted by molar-refractivity contribution is 5.74. The average Bonchev–Trinajstić information content (AvgIpc) is 2.60. The number of nitrogens with two attached hydrogens (primary N) is 1. The fourth-order valence-corrected chi connectivity index (χ4v) is 2.47. The van der Waals surface area contributed by atoms with Crippen LogP contribution in [0.5, 0.6) is 5.75 Å². The third-order valence-corrected chi connectivity index (χ3v) is 3.64. The third kappa shape index (κ3) is 3.91. The van der Waals surface area contributed by atoms with Crippen LogP contribution in [-0.4, -0.2) is 4.98 Å². The molecule has 2 N–H and O–H groups in total. The lowest BCUT2D eigenvalue weighted by atomic mass is 10.0. The number of benzene rings is 2. The van der Waals surface area contributed by atoms with Crippen LogP contribution in [0.2, 0.25) is 0 Å². The standard InChI is InChI=1S/C19H15F3N2O/c20-19(21,22)16-10-18(23)24-11-15(16)14-8-4-5-9-17(14)25-12-13-6-2-1-3-7-13/h1-11H,12H2,(H2,23,24). The number of pyridine rings is 1. The zero-order valence-electron chi connectivity index (χ0n) is 13.1. The number of hydrogen-bond donors (Lipinski definition) is 1. The van der Waals surface area contributed by atoms with E-state index in [0.717, 1.165) is 17.8 Å². The number of ether oxygens (including phenoxy) is 1. The van der Waals surface area contributed by atoms with Crippen molar-refractivity contribution in [2.75, 3.05) is 5.73 Å². The Morgan fingerprint density at radius 3 is 2.32 bits per heavy atom. The molecule has 2 aromatic carbocycles. The monoisotopic (exact) mass is 344 g/mol. The van der Waals surface area contributed by atoms with E-state index in [1.807, 2.05) is 30.3 Å². The van der Waals surface area contributed by atoms with E-state index >= 15 is 0 Å². The molecular weight excluding hydrogens is 329 g/mol. The maximum atomic E-state index is 13.4. The molecule has 0 unspecified atom stereocenters. The van der Waals surface area contributed by atoms with Crippen molar-refractivity contribution in [3.63, 3.8) is 0 Å². The van der Waals surface area contributed by atoms with Gasteiger partial charge in [0, 0.05) is 17.3 Å². The molecule has 0 radical (unpaired) electrons. The molecule has 1 heterocycles. The summed E-state index contributed by atoms with van der Waals surface area (Å²) in [6.45, 7) is 0.252. The van der Waals surface area contributed by atoms with Gasteiger partial charge in [-0.15, -0.1) is 0 Å². The number of halogens is 3. The van der Waals surface area contributed by atoms with Gasteiger partial charge in [0.1, 0.15) is 18.2 Å². The third-order valence-electron chi connectivity index (χ3n) is 3.64. The first kappa shape index (κ1) is 16.8. The maximum absolute atomic E-state index is 13.4. The average molecular weight is 344 g/mol. The van der Waals surface area contributed by atoms with Crippen LogP contribution in [-0.2, 0) is 12.8 Å². The van der Waals surface area contributed by atoms with Crippen molar-refractivity contribution in [1.29, 1.82) is 0 Å². The van der Waals surface area contributed by atoms with Gasteiger partial charge < -0.3 is 10.5 Å². The van der Waals surface area contributed by atoms with Crippen LogP contribution in [0, 0.1) is 0 Å². The Hall–Kier alpha value is -3.02. The number of alkyl halides is 3. The number of anilines is 1. The highest BCUT2D eigenvalue weighted by Gasteiger charge is 2.34. The van der Waals surface area contributed by atoms with Crippen molar-refractivity contribution in [3.8, 4) is 16.9 Å². The number of hydrogen-bond acceptors (Lipinski definition) is 3. The second-order valence-corrected chi connectivity index (χ2v) is 5.42. The zero-order chi connectivity index (χ0) is 17.9. The van der Waals surface area contributed by atoms with Crippen molar-refractivity contribution < 1.29 is 17.9 Å². The van der Waals surface area contributed by atoms with Crippen LogP contribution in [0.15, 0.2) is 66.9 Å². The van der Waals surface area contributed by atoms with Crippen LogP contribution >= 0.6 is 0 Å². The van der Waals surface area contributed by atoms with Gasteiger partial charge in [-0.25, -0.2) is 4.98 Å². The topological polar surface area (TPSA) is 48.1 Å². The van der Waals surface area contributed by atoms with Crippen LogP contribution in [0.1, 0.15) is 11.1 Å². The van der Waals surface area contributed by atoms with Crippen molar-refractivity contribution in [3.05, 3.63) is 78.0 Å². The lowest BCUT2D eigenvalue weighted by Gasteiger charge is -2.16. The summed E-state index contributed by atoms with van der Waals surface area (Å²) in [6.07, 6.45) is -3.41. The van der Waals surface area contributed by atoms with E-state index in [1.54, 1.807) is 24.3 Å². The first-order valence-electron chi connectivity index (χ1n) is 7.54. The van der Waals surface area contributed by atoms with Crippen molar-refractivity contribution >= 4 is 5.82 Å². The molecule has 3 aromatic rings. The number of nitrogen functional groups attached to an aromatic ring is 1. The van der Waals surface area contributed by atoms with Gasteiger partial charge in [0.2, 0.25) is 0 Å². The smallest absolute Gasteiger partial charge is 0.417 e. The molecule has 128 valence electrons. The van der Waals surface area contributed by atoms with E-state index < -0.39 is 11.7 Å². The van der Waals surface area contributed by atoms with Crippen molar-refractivity contribution in [2.45, 2.75) is 12.8 Å². The molecule has 0 aliphatic carbocycles. The minimum atomic E-state index is -4.54. The van der Waals surface area contributed by atoms with Crippen LogP contribution < -0.4 is 10.5 Å². The molecule has 0 spiro atoms. The molecule has 0 aliphatic rings. The minimum Gasteiger partial charge on any atom is -0.488 e. The van der Waals surface area contributed by atoms with Crippen molar-refractivity contribution in [2.24, 2.45) is 0 Å². The Kier molecular flexibility index (Phi) is 4.61. The van der Waals surface area contributed by atoms with Crippen LogP contribution in [0.3, 0.4) is 0 Å². The Bertz CT molecular complexity index is 864. The maximum Gasteiger partial charge on any atom is 0.417 e. The molecule has 0 saturated carbocycles. The Balaban J connectivity index is 1.99. The van der Waals surface area contributed by atoms with E-state index in [4.69, 9.17) is 10.5 Å². The van der Waals surface area contributed by atoms with Crippen LogP contribution in [0.4, 0.5) is 19.0 Å². The predicted molar refractivity (Wildman–Crippen MR) is 89.9 cm³/mol. The number of para-hydroxylation sites is 1. The highest BCUT2D eigenvalue weighted by Crippen LogP contribution is 2.40. The molecular formula is C19H15F3N2O. The van der Waals surface area contributed by atoms with E-state index in [2.05, 4.69) is 4.98 Å². The van der Waals surface area contributed by atoms with Gasteiger partial charge in [-0.05, 0) is 17.7 Å². The zero-order valence-corrected chi connectivity index (χ0v) is 13.1. The number of nitrogens with zero attached hydrogens (tertiary/aromatic N) is 1. The van der Waals surface area contributed by atoms with Crippen molar-refractivity contribution in [1.82, 2.24) is 4.98 Å². The Morgan fingerprint density at radius 2 is 1.60 bits per heavy atom. The molecule has 0 atom stereocenters. The Labute approximate surface area is 142 Å². The fraction of sp³-hybridized carbons (Fsp3) is 0.105. The SMILES string of the molecule is Nc1cc(C(F)(F)F)c(-c2ccccc2OCc2ccccc2)cn1. The first-order chi connectivity index (χ1) is 11.9. The van der Waals surface area contributed by atoms with Gasteiger partial charge >= 0.3 is 6.18 Å². The molecule has 0 amide bonds. The van der Waals surface area contributed by atoms with E-state index in [9.17, 15) is 13.2 Å². The molecule has 0 bridgehead atoms. The predicted octanol–water partition coefficient (Wildman–Crippen LogP) is 4.93. The summed E-state index contributed by atoms with van der Waals surface area (Å²) in [5.41, 5.74) is 5.77. The number of rotatable bonds is 4. The summed E-state index contributed by atoms with van der Waals surface area (Å²) >= 11 is 0. The molecule has 6 heteroatoms. The largest absolute Gasteiger partial charge is 0.488 e. The quantitative estimate of drug-likeness (QED) is 0.730. The normalized spacial score (nSPS) is 11.3. The molecule has 25 heavy (non-hydrogen) atoms. The summed E-state index contributed by atoms with van der Waals surface area (Å²) in [5.74, 6) is 0.169. The van der Waals surface area contributed by atoms with E-state index in [0.29, 0.717) is 11.3 Å². The summed E-state index contributed by atoms with van der Waals surface area (Å²) in [5, 5.41) is 0. The first-order valence-corrected chi connectivity index (χ1v) is 7.54. The molecule has 0 fully saturated rings. The lowest BCUT2D eigenvalue weighted by Crippen LogP contribution is -2.09. The Morgan fingerprint density at radius 1 is 0.920 bits per heavy atom. The summed E-state index contributed by atoms with van der Waals surface area (Å²) < 4.78 is 45.9. The molecule has 0 aliphatic heterocycles. The summed E-state index contributed by atoms with van der Waals surface area (Å²) in [7, 11) is 0.